The van der Waals surface area contributed by atoms with Crippen LogP contribution >= 0.6 is 0 Å². The van der Waals surface area contributed by atoms with E-state index in [-0.39, 0.29) is 6.04 Å². The van der Waals surface area contributed by atoms with E-state index in [1.807, 2.05) is 12.3 Å². The molecule has 0 bridgehead atoms. The number of nitrogens with two attached hydrogens (primary N) is 1. The maximum Gasteiger partial charge on any atom is 0.131 e. The fourth-order valence-electron chi connectivity index (χ4n) is 2.28. The second kappa shape index (κ2) is 6.19. The van der Waals surface area contributed by atoms with Gasteiger partial charge < -0.3 is 10.6 Å². The summed E-state index contributed by atoms with van der Waals surface area (Å²) in [6.07, 6.45) is 6.61. The molecule has 2 N–H and O–H groups in total. The highest BCUT2D eigenvalue weighted by atomic mass is 15.2. The van der Waals surface area contributed by atoms with Crippen molar-refractivity contribution in [2.24, 2.45) is 11.7 Å². The summed E-state index contributed by atoms with van der Waals surface area (Å²) >= 11 is 0. The molecule has 1 heterocycles. The molecule has 0 spiro atoms. The highest BCUT2D eigenvalue weighted by Crippen LogP contribution is 2.31. The minimum Gasteiger partial charge on any atom is -0.356 e. The minimum absolute atomic E-state index is 0.243. The van der Waals surface area contributed by atoms with E-state index < -0.39 is 0 Å². The Hall–Kier alpha value is -1.09. The third kappa shape index (κ3) is 3.45. The van der Waals surface area contributed by atoms with Gasteiger partial charge in [0, 0.05) is 25.3 Å². The van der Waals surface area contributed by atoms with Crippen molar-refractivity contribution in [3.63, 3.8) is 0 Å². The molecule has 1 saturated carbocycles. The van der Waals surface area contributed by atoms with Crippen LogP contribution in [-0.4, -0.2) is 24.1 Å². The number of anilines is 1. The van der Waals surface area contributed by atoms with E-state index in [1.54, 1.807) is 0 Å². The van der Waals surface area contributed by atoms with Crippen LogP contribution in [0.15, 0.2) is 18.3 Å². The molecule has 3 heteroatoms. The molecular formula is C15H25N3. The Morgan fingerprint density at radius 2 is 2.22 bits per heavy atom. The van der Waals surface area contributed by atoms with Gasteiger partial charge in [-0.1, -0.05) is 13.0 Å². The van der Waals surface area contributed by atoms with E-state index in [9.17, 15) is 0 Å². The standard InChI is InChI=1S/C15H25N3/c1-3-14(16)10-13-6-5-9-17-15(13)18(4-2)11-12-7-8-12/h5-6,9,12,14H,3-4,7-8,10-11,16H2,1-2H3. The summed E-state index contributed by atoms with van der Waals surface area (Å²) in [5, 5.41) is 0. The Kier molecular flexibility index (Phi) is 4.59. The lowest BCUT2D eigenvalue weighted by Crippen LogP contribution is -2.29. The van der Waals surface area contributed by atoms with Gasteiger partial charge in [-0.15, -0.1) is 0 Å². The van der Waals surface area contributed by atoms with E-state index in [1.165, 1.54) is 18.4 Å². The van der Waals surface area contributed by atoms with Gasteiger partial charge in [-0.05, 0) is 50.2 Å². The molecule has 0 saturated heterocycles. The van der Waals surface area contributed by atoms with Crippen LogP contribution in [0.3, 0.4) is 0 Å². The van der Waals surface area contributed by atoms with Crippen molar-refractivity contribution in [3.05, 3.63) is 23.9 Å². The number of rotatable bonds is 7. The van der Waals surface area contributed by atoms with Crippen LogP contribution in [0, 0.1) is 5.92 Å². The van der Waals surface area contributed by atoms with Gasteiger partial charge in [0.2, 0.25) is 0 Å². The van der Waals surface area contributed by atoms with Gasteiger partial charge in [0.1, 0.15) is 5.82 Å². The monoisotopic (exact) mass is 247 g/mol. The van der Waals surface area contributed by atoms with E-state index in [0.717, 1.165) is 37.7 Å². The van der Waals surface area contributed by atoms with Crippen molar-refractivity contribution in [2.45, 2.75) is 45.6 Å². The molecule has 100 valence electrons. The van der Waals surface area contributed by atoms with Gasteiger partial charge in [-0.3, -0.25) is 0 Å². The quantitative estimate of drug-likeness (QED) is 0.805. The molecule has 1 unspecified atom stereocenters. The lowest BCUT2D eigenvalue weighted by molar-refractivity contribution is 0.640. The second-order valence-electron chi connectivity index (χ2n) is 5.34. The normalized spacial score (nSPS) is 16.6. The van der Waals surface area contributed by atoms with Crippen molar-refractivity contribution in [1.82, 2.24) is 4.98 Å². The van der Waals surface area contributed by atoms with Gasteiger partial charge in [0.15, 0.2) is 0 Å². The van der Waals surface area contributed by atoms with Crippen LogP contribution in [0.5, 0.6) is 0 Å². The van der Waals surface area contributed by atoms with Crippen molar-refractivity contribution in [3.8, 4) is 0 Å². The highest BCUT2D eigenvalue weighted by molar-refractivity contribution is 5.47. The second-order valence-corrected chi connectivity index (χ2v) is 5.34. The molecule has 1 atom stereocenters. The van der Waals surface area contributed by atoms with Crippen LogP contribution in [0.25, 0.3) is 0 Å². The predicted molar refractivity (Wildman–Crippen MR) is 76.8 cm³/mol. The molecule has 1 aromatic heterocycles. The average Bonchev–Trinajstić information content (AvgIpc) is 3.20. The van der Waals surface area contributed by atoms with Crippen LogP contribution in [0.4, 0.5) is 5.82 Å². The van der Waals surface area contributed by atoms with Crippen molar-refractivity contribution >= 4 is 5.82 Å². The fourth-order valence-corrected chi connectivity index (χ4v) is 2.28. The lowest BCUT2D eigenvalue weighted by Gasteiger charge is -2.25. The predicted octanol–water partition coefficient (Wildman–Crippen LogP) is 2.60. The van der Waals surface area contributed by atoms with Crippen LogP contribution in [-0.2, 0) is 6.42 Å². The Balaban J connectivity index is 2.13. The van der Waals surface area contributed by atoms with Crippen LogP contribution in [0.1, 0.15) is 38.7 Å². The number of nitrogens with zero attached hydrogens (tertiary/aromatic N) is 2. The number of pyridine rings is 1. The van der Waals surface area contributed by atoms with E-state index in [4.69, 9.17) is 5.73 Å². The first-order valence-corrected chi connectivity index (χ1v) is 7.19. The maximum absolute atomic E-state index is 6.08. The van der Waals surface area contributed by atoms with Crippen molar-refractivity contribution in [1.29, 1.82) is 0 Å². The van der Waals surface area contributed by atoms with Gasteiger partial charge in [0.25, 0.3) is 0 Å². The van der Waals surface area contributed by atoms with E-state index >= 15 is 0 Å². The smallest absolute Gasteiger partial charge is 0.131 e. The SMILES string of the molecule is CCC(N)Cc1cccnc1N(CC)CC1CC1. The lowest BCUT2D eigenvalue weighted by atomic mass is 10.0. The average molecular weight is 247 g/mol. The zero-order valence-electron chi connectivity index (χ0n) is 11.6. The van der Waals surface area contributed by atoms with Crippen LogP contribution < -0.4 is 10.6 Å². The van der Waals surface area contributed by atoms with Gasteiger partial charge in [-0.2, -0.15) is 0 Å². The van der Waals surface area contributed by atoms with Gasteiger partial charge in [0.05, 0.1) is 0 Å². The molecule has 2 rings (SSSR count). The first kappa shape index (κ1) is 13.3. The van der Waals surface area contributed by atoms with Gasteiger partial charge in [-0.25, -0.2) is 4.98 Å². The molecule has 0 radical (unpaired) electrons. The third-order valence-corrected chi connectivity index (χ3v) is 3.73. The topological polar surface area (TPSA) is 42.1 Å². The minimum atomic E-state index is 0.243. The summed E-state index contributed by atoms with van der Waals surface area (Å²) in [5.74, 6) is 2.04. The number of hydrogen-bond donors (Lipinski definition) is 1. The zero-order chi connectivity index (χ0) is 13.0. The largest absolute Gasteiger partial charge is 0.356 e. The summed E-state index contributed by atoms with van der Waals surface area (Å²) in [6, 6.07) is 4.44. The fraction of sp³-hybridized carbons (Fsp3) is 0.667. The molecular weight excluding hydrogens is 222 g/mol. The Bertz CT molecular complexity index is 374. The Labute approximate surface area is 110 Å². The van der Waals surface area contributed by atoms with Crippen molar-refractivity contribution in [2.75, 3.05) is 18.0 Å². The van der Waals surface area contributed by atoms with Gasteiger partial charge >= 0.3 is 0 Å². The highest BCUT2D eigenvalue weighted by Gasteiger charge is 2.25. The summed E-state index contributed by atoms with van der Waals surface area (Å²) in [6.45, 7) is 6.53. The zero-order valence-corrected chi connectivity index (χ0v) is 11.6. The summed E-state index contributed by atoms with van der Waals surface area (Å²) in [7, 11) is 0. The van der Waals surface area contributed by atoms with E-state index in [0.29, 0.717) is 0 Å². The maximum atomic E-state index is 6.08. The molecule has 1 aliphatic rings. The number of hydrogen-bond acceptors (Lipinski definition) is 3. The Morgan fingerprint density at radius 1 is 1.44 bits per heavy atom. The molecule has 1 fully saturated rings. The molecule has 1 aliphatic carbocycles. The molecule has 1 aromatic rings. The summed E-state index contributed by atoms with van der Waals surface area (Å²) < 4.78 is 0. The third-order valence-electron chi connectivity index (χ3n) is 3.73. The molecule has 0 amide bonds. The summed E-state index contributed by atoms with van der Waals surface area (Å²) in [5.41, 5.74) is 7.38. The van der Waals surface area contributed by atoms with Crippen LogP contribution in [0.2, 0.25) is 0 Å². The summed E-state index contributed by atoms with van der Waals surface area (Å²) in [4.78, 5) is 7.00. The first-order chi connectivity index (χ1) is 8.74. The first-order valence-electron chi connectivity index (χ1n) is 7.19. The van der Waals surface area contributed by atoms with E-state index in [2.05, 4.69) is 29.8 Å². The number of aromatic nitrogens is 1. The Morgan fingerprint density at radius 3 is 2.83 bits per heavy atom. The molecule has 0 aliphatic heterocycles. The molecule has 18 heavy (non-hydrogen) atoms. The molecule has 0 aromatic carbocycles. The molecule has 3 nitrogen and oxygen atoms in total. The van der Waals surface area contributed by atoms with Crippen molar-refractivity contribution < 1.29 is 0 Å².